The highest BCUT2D eigenvalue weighted by Gasteiger charge is 2.30. The molecule has 0 bridgehead atoms. The van der Waals surface area contributed by atoms with Gasteiger partial charge < -0.3 is 10.6 Å². The molecule has 1 aliphatic heterocycles. The Bertz CT molecular complexity index is 778. The molecule has 0 spiro atoms. The summed E-state index contributed by atoms with van der Waals surface area (Å²) in [5.74, 6) is -0.419. The van der Waals surface area contributed by atoms with Crippen LogP contribution in [0.3, 0.4) is 0 Å². The van der Waals surface area contributed by atoms with Crippen LogP contribution in [0.2, 0.25) is 0 Å². The fourth-order valence-electron chi connectivity index (χ4n) is 2.12. The Hall–Kier alpha value is -2.12. The number of carbonyl (C=O) groups is 2. The first-order chi connectivity index (χ1) is 11.6. The number of para-hydroxylation sites is 1. The largest absolute Gasteiger partial charge is 0.325 e. The predicted molar refractivity (Wildman–Crippen MR) is 100 cm³/mol. The Labute approximate surface area is 152 Å². The van der Waals surface area contributed by atoms with Gasteiger partial charge in [0.1, 0.15) is 5.25 Å². The molecule has 0 radical (unpaired) electrons. The van der Waals surface area contributed by atoms with Gasteiger partial charge in [-0.05, 0) is 36.4 Å². The first-order valence-corrected chi connectivity index (χ1v) is 8.94. The maximum Gasteiger partial charge on any atom is 0.238 e. The zero-order chi connectivity index (χ0) is 16.9. The van der Waals surface area contributed by atoms with E-state index in [0.717, 1.165) is 10.2 Å². The van der Waals surface area contributed by atoms with Crippen LogP contribution in [0.15, 0.2) is 64.1 Å². The second-order valence-electron chi connectivity index (χ2n) is 5.11. The molecule has 1 atom stereocenters. The summed E-state index contributed by atoms with van der Waals surface area (Å²) in [6.07, 6.45) is 0.126. The van der Waals surface area contributed by atoms with Gasteiger partial charge in [-0.15, -0.1) is 0 Å². The van der Waals surface area contributed by atoms with Crippen LogP contribution < -0.4 is 10.6 Å². The van der Waals surface area contributed by atoms with Crippen molar-refractivity contribution in [3.63, 3.8) is 0 Å². The average molecular weight is 404 g/mol. The van der Waals surface area contributed by atoms with Crippen molar-refractivity contribution in [3.8, 4) is 0 Å². The van der Waals surface area contributed by atoms with E-state index in [9.17, 15) is 9.59 Å². The Morgan fingerprint density at radius 2 is 1.88 bits per heavy atom. The number of halogens is 1. The van der Waals surface area contributed by atoms with Crippen molar-refractivity contribution in [1.29, 1.82) is 0 Å². The smallest absolute Gasteiger partial charge is 0.238 e. The summed E-state index contributed by atoms with van der Waals surface area (Å²) in [6.45, 7) is 0. The van der Waals surface area contributed by atoms with Crippen molar-refractivity contribution in [1.82, 2.24) is 5.32 Å². The summed E-state index contributed by atoms with van der Waals surface area (Å²) in [7, 11) is 0. The van der Waals surface area contributed by atoms with Gasteiger partial charge in [-0.25, -0.2) is 4.99 Å². The summed E-state index contributed by atoms with van der Waals surface area (Å²) in [5.41, 5.74) is 1.42. The molecule has 1 saturated heterocycles. The molecule has 0 saturated carbocycles. The van der Waals surface area contributed by atoms with Gasteiger partial charge in [-0.2, -0.15) is 0 Å². The first-order valence-electron chi connectivity index (χ1n) is 7.27. The van der Waals surface area contributed by atoms with Gasteiger partial charge in [0, 0.05) is 16.6 Å². The lowest BCUT2D eigenvalue weighted by Crippen LogP contribution is -2.41. The molecule has 7 heteroatoms. The van der Waals surface area contributed by atoms with Crippen molar-refractivity contribution in [2.45, 2.75) is 11.7 Å². The summed E-state index contributed by atoms with van der Waals surface area (Å²) in [5, 5.41) is 5.47. The Morgan fingerprint density at radius 1 is 1.17 bits per heavy atom. The van der Waals surface area contributed by atoms with E-state index in [4.69, 9.17) is 0 Å². The highest BCUT2D eigenvalue weighted by Crippen LogP contribution is 2.25. The van der Waals surface area contributed by atoms with Gasteiger partial charge in [0.05, 0.1) is 5.69 Å². The van der Waals surface area contributed by atoms with E-state index in [1.165, 1.54) is 11.8 Å². The third-order valence-corrected chi connectivity index (χ3v) is 4.87. The Morgan fingerprint density at radius 3 is 2.58 bits per heavy atom. The molecule has 5 nitrogen and oxygen atoms in total. The van der Waals surface area contributed by atoms with E-state index in [-0.39, 0.29) is 18.2 Å². The summed E-state index contributed by atoms with van der Waals surface area (Å²) >= 11 is 4.61. The number of rotatable bonds is 3. The van der Waals surface area contributed by atoms with Gasteiger partial charge in [0.25, 0.3) is 0 Å². The third kappa shape index (κ3) is 4.46. The monoisotopic (exact) mass is 403 g/mol. The highest BCUT2D eigenvalue weighted by atomic mass is 79.9. The lowest BCUT2D eigenvalue weighted by atomic mass is 10.2. The molecule has 24 heavy (non-hydrogen) atoms. The normalized spacial score (nSPS) is 19.0. The Kier molecular flexibility index (Phi) is 5.32. The molecule has 3 rings (SSSR count). The molecule has 0 aromatic heterocycles. The molecule has 2 amide bonds. The van der Waals surface area contributed by atoms with Gasteiger partial charge in [0.15, 0.2) is 5.17 Å². The average Bonchev–Trinajstić information content (AvgIpc) is 2.57. The van der Waals surface area contributed by atoms with Gasteiger partial charge >= 0.3 is 0 Å². The second kappa shape index (κ2) is 7.63. The van der Waals surface area contributed by atoms with Crippen LogP contribution >= 0.6 is 27.7 Å². The highest BCUT2D eigenvalue weighted by molar-refractivity contribution is 9.10. The van der Waals surface area contributed by atoms with Gasteiger partial charge in [-0.1, -0.05) is 45.9 Å². The van der Waals surface area contributed by atoms with Crippen molar-refractivity contribution >= 4 is 56.0 Å². The molecular formula is C17H14BrN3O2S. The number of amidine groups is 1. The van der Waals surface area contributed by atoms with E-state index in [2.05, 4.69) is 31.6 Å². The molecule has 1 aliphatic rings. The zero-order valence-electron chi connectivity index (χ0n) is 12.5. The van der Waals surface area contributed by atoms with Crippen LogP contribution in [-0.4, -0.2) is 22.2 Å². The standard InChI is InChI=1S/C17H14BrN3O2S/c18-11-6-8-13(9-7-11)19-16(23)14-10-15(22)21-17(24-14)20-12-4-2-1-3-5-12/h1-9,14H,10H2,(H,19,23)(H,20,21,22). The van der Waals surface area contributed by atoms with E-state index in [1.54, 1.807) is 12.1 Å². The minimum Gasteiger partial charge on any atom is -0.325 e. The second-order valence-corrected chi connectivity index (χ2v) is 7.21. The topological polar surface area (TPSA) is 70.6 Å². The maximum atomic E-state index is 12.4. The number of hydrogen-bond acceptors (Lipinski definition) is 4. The van der Waals surface area contributed by atoms with Crippen molar-refractivity contribution < 1.29 is 9.59 Å². The molecule has 1 fully saturated rings. The van der Waals surface area contributed by atoms with Crippen LogP contribution in [0.4, 0.5) is 11.4 Å². The van der Waals surface area contributed by atoms with E-state index in [1.807, 2.05) is 42.5 Å². The number of nitrogens with zero attached hydrogens (tertiary/aromatic N) is 1. The number of benzene rings is 2. The lowest BCUT2D eigenvalue weighted by Gasteiger charge is -2.22. The SMILES string of the molecule is O=C1CC(C(=O)Nc2ccc(Br)cc2)SC(=Nc2ccccc2)N1. The van der Waals surface area contributed by atoms with Gasteiger partial charge in [0.2, 0.25) is 11.8 Å². The molecular weight excluding hydrogens is 390 g/mol. The van der Waals surface area contributed by atoms with Crippen LogP contribution in [0.25, 0.3) is 0 Å². The molecule has 1 unspecified atom stereocenters. The number of hydrogen-bond donors (Lipinski definition) is 2. The number of amides is 2. The minimum absolute atomic E-state index is 0.126. The number of nitrogens with one attached hydrogen (secondary N) is 2. The maximum absolute atomic E-state index is 12.4. The lowest BCUT2D eigenvalue weighted by molar-refractivity contribution is -0.123. The molecule has 1 heterocycles. The fourth-order valence-corrected chi connectivity index (χ4v) is 3.39. The zero-order valence-corrected chi connectivity index (χ0v) is 14.9. The third-order valence-electron chi connectivity index (χ3n) is 3.26. The van der Waals surface area contributed by atoms with E-state index in [0.29, 0.717) is 10.9 Å². The number of anilines is 1. The summed E-state index contributed by atoms with van der Waals surface area (Å²) in [6, 6.07) is 16.6. The van der Waals surface area contributed by atoms with Crippen LogP contribution in [0.1, 0.15) is 6.42 Å². The quantitative estimate of drug-likeness (QED) is 0.820. The summed E-state index contributed by atoms with van der Waals surface area (Å²) in [4.78, 5) is 28.7. The van der Waals surface area contributed by atoms with Crippen molar-refractivity contribution in [2.75, 3.05) is 5.32 Å². The molecule has 122 valence electrons. The van der Waals surface area contributed by atoms with Crippen molar-refractivity contribution in [2.24, 2.45) is 4.99 Å². The Balaban J connectivity index is 1.71. The van der Waals surface area contributed by atoms with Gasteiger partial charge in [-0.3, -0.25) is 9.59 Å². The molecule has 2 aromatic rings. The number of aliphatic imine (C=N–C) groups is 1. The number of thioether (sulfide) groups is 1. The van der Waals surface area contributed by atoms with Crippen molar-refractivity contribution in [3.05, 3.63) is 59.1 Å². The van der Waals surface area contributed by atoms with E-state index >= 15 is 0 Å². The molecule has 0 aliphatic carbocycles. The van der Waals surface area contributed by atoms with Crippen LogP contribution in [-0.2, 0) is 9.59 Å². The van der Waals surface area contributed by atoms with Crippen LogP contribution in [0, 0.1) is 0 Å². The summed E-state index contributed by atoms with van der Waals surface area (Å²) < 4.78 is 0.934. The minimum atomic E-state index is -0.509. The number of carbonyl (C=O) groups excluding carboxylic acids is 2. The van der Waals surface area contributed by atoms with Crippen LogP contribution in [0.5, 0.6) is 0 Å². The van der Waals surface area contributed by atoms with E-state index < -0.39 is 5.25 Å². The molecule has 2 aromatic carbocycles. The first kappa shape index (κ1) is 16.7. The predicted octanol–water partition coefficient (Wildman–Crippen LogP) is 3.70. The fraction of sp³-hybridized carbons (Fsp3) is 0.118. The molecule has 2 N–H and O–H groups in total.